The van der Waals surface area contributed by atoms with E-state index in [1.165, 1.54) is 45.5 Å². The monoisotopic (exact) mass is 359 g/mol. The Bertz CT molecular complexity index is 969. The maximum absolute atomic E-state index is 12.3. The average molecular weight is 359 g/mol. The quantitative estimate of drug-likeness (QED) is 0.659. The molecule has 24 heavy (non-hydrogen) atoms. The van der Waals surface area contributed by atoms with E-state index in [4.69, 9.17) is 5.11 Å². The highest BCUT2D eigenvalue weighted by Gasteiger charge is 2.49. The van der Waals surface area contributed by atoms with E-state index in [0.717, 1.165) is 23.5 Å². The second-order valence-electron chi connectivity index (χ2n) is 6.07. The molecule has 1 fully saturated rings. The number of rotatable bonds is 2. The molecule has 8 heteroatoms. The molecule has 4 heterocycles. The molecule has 2 aromatic rings. The zero-order valence-electron chi connectivity index (χ0n) is 12.6. The van der Waals surface area contributed by atoms with Crippen LogP contribution in [0.4, 0.5) is 0 Å². The van der Waals surface area contributed by atoms with Gasteiger partial charge in [0.2, 0.25) is 0 Å². The van der Waals surface area contributed by atoms with Crippen LogP contribution < -0.4 is 0 Å². The summed E-state index contributed by atoms with van der Waals surface area (Å²) in [4.78, 5) is 31.7. The van der Waals surface area contributed by atoms with E-state index in [-0.39, 0.29) is 17.0 Å². The lowest BCUT2D eigenvalue weighted by Crippen LogP contribution is -2.51. The molecule has 5 rings (SSSR count). The largest absolute Gasteiger partial charge is 0.477 e. The number of carbonyl (C=O) groups is 2. The topological polar surface area (TPSA) is 74.9 Å². The number of thioether (sulfide) groups is 1. The van der Waals surface area contributed by atoms with Gasteiger partial charge in [-0.1, -0.05) is 0 Å². The van der Waals surface area contributed by atoms with Gasteiger partial charge in [-0.15, -0.1) is 23.1 Å². The minimum Gasteiger partial charge on any atom is -0.477 e. The van der Waals surface area contributed by atoms with Gasteiger partial charge in [0.15, 0.2) is 4.96 Å². The van der Waals surface area contributed by atoms with Crippen molar-refractivity contribution in [2.24, 2.45) is 0 Å². The zero-order chi connectivity index (χ0) is 16.4. The van der Waals surface area contributed by atoms with Gasteiger partial charge in [-0.2, -0.15) is 0 Å². The first-order valence-corrected chi connectivity index (χ1v) is 9.53. The van der Waals surface area contributed by atoms with Gasteiger partial charge in [0, 0.05) is 22.2 Å². The summed E-state index contributed by atoms with van der Waals surface area (Å²) >= 11 is 3.09. The number of thiazole rings is 1. The molecule has 0 spiro atoms. The molecule has 0 saturated carbocycles. The molecule has 1 N–H and O–H groups in total. The normalized spacial score (nSPS) is 24.1. The Labute approximate surface area is 145 Å². The van der Waals surface area contributed by atoms with Crippen LogP contribution in [-0.4, -0.2) is 36.6 Å². The van der Waals surface area contributed by atoms with Crippen LogP contribution in [0.15, 0.2) is 22.9 Å². The Balaban J connectivity index is 1.47. The van der Waals surface area contributed by atoms with Gasteiger partial charge in [0.1, 0.15) is 11.1 Å². The maximum Gasteiger partial charge on any atom is 0.353 e. The molecule has 3 aliphatic rings. The summed E-state index contributed by atoms with van der Waals surface area (Å²) < 4.78 is 2.15. The molecule has 1 saturated heterocycles. The van der Waals surface area contributed by atoms with Gasteiger partial charge in [-0.3, -0.25) is 14.1 Å². The van der Waals surface area contributed by atoms with Gasteiger partial charge < -0.3 is 5.11 Å². The Morgan fingerprint density at radius 1 is 1.38 bits per heavy atom. The fourth-order valence-corrected chi connectivity index (χ4v) is 5.79. The van der Waals surface area contributed by atoms with Crippen LogP contribution in [0.1, 0.15) is 29.1 Å². The molecule has 0 aromatic carbocycles. The van der Waals surface area contributed by atoms with Gasteiger partial charge in [0.25, 0.3) is 5.91 Å². The number of carboxylic acids is 1. The first kappa shape index (κ1) is 14.3. The number of carboxylic acid groups (broad SMARTS) is 1. The third-order valence-corrected chi connectivity index (χ3v) is 6.88. The summed E-state index contributed by atoms with van der Waals surface area (Å²) in [5, 5.41) is 10.4. The Kier molecular flexibility index (Phi) is 2.96. The molecule has 6 nitrogen and oxygen atoms in total. The number of hydrogen-bond donors (Lipinski definition) is 1. The van der Waals surface area contributed by atoms with Crippen molar-refractivity contribution in [2.45, 2.75) is 31.1 Å². The zero-order valence-corrected chi connectivity index (χ0v) is 14.2. The first-order chi connectivity index (χ1) is 11.6. The number of amides is 1. The summed E-state index contributed by atoms with van der Waals surface area (Å²) in [5.74, 6) is -1.30. The number of fused-ring (bicyclic) bond motifs is 4. The van der Waals surface area contributed by atoms with Crippen molar-refractivity contribution in [3.8, 4) is 0 Å². The number of β-lactam (4-membered cyclic amide) rings is 1. The molecule has 0 radical (unpaired) electrons. The number of aliphatic carboxylic acids is 1. The predicted octanol–water partition coefficient (Wildman–Crippen LogP) is 2.50. The fourth-order valence-electron chi connectivity index (χ4n) is 3.48. The van der Waals surface area contributed by atoms with E-state index >= 15 is 0 Å². The first-order valence-electron chi connectivity index (χ1n) is 7.77. The lowest BCUT2D eigenvalue weighted by molar-refractivity contribution is -0.141. The Morgan fingerprint density at radius 2 is 2.21 bits per heavy atom. The van der Waals surface area contributed by atoms with Crippen molar-refractivity contribution in [3.05, 3.63) is 39.1 Å². The van der Waals surface area contributed by atoms with Crippen molar-refractivity contribution in [3.63, 3.8) is 0 Å². The number of hydrogen-bond acceptors (Lipinski definition) is 5. The highest BCUT2D eigenvalue weighted by atomic mass is 32.2. The minimum absolute atomic E-state index is 0.0621. The highest BCUT2D eigenvalue weighted by Crippen LogP contribution is 2.45. The third kappa shape index (κ3) is 1.86. The summed E-state index contributed by atoms with van der Waals surface area (Å²) in [5.41, 5.74) is 2.80. The van der Waals surface area contributed by atoms with Crippen molar-refractivity contribution >= 4 is 46.0 Å². The molecular formula is C16H13N3O3S2. The third-order valence-electron chi connectivity index (χ3n) is 4.64. The lowest BCUT2D eigenvalue weighted by atomic mass is 10.0. The smallest absolute Gasteiger partial charge is 0.353 e. The van der Waals surface area contributed by atoms with Crippen molar-refractivity contribution in [2.75, 3.05) is 0 Å². The molecule has 0 bridgehead atoms. The minimum atomic E-state index is -1.06. The van der Waals surface area contributed by atoms with Crippen LogP contribution in [0.25, 0.3) is 11.0 Å². The van der Waals surface area contributed by atoms with Gasteiger partial charge in [-0.25, -0.2) is 9.78 Å². The number of aryl methyl sites for hydroxylation is 2. The predicted molar refractivity (Wildman–Crippen MR) is 91.6 cm³/mol. The van der Waals surface area contributed by atoms with E-state index < -0.39 is 5.97 Å². The lowest BCUT2D eigenvalue weighted by Gasteiger charge is -2.36. The van der Waals surface area contributed by atoms with Gasteiger partial charge in [0.05, 0.1) is 11.3 Å². The molecule has 1 aliphatic carbocycles. The fraction of sp³-hybridized carbons (Fsp3) is 0.312. The van der Waals surface area contributed by atoms with Crippen LogP contribution in [0.5, 0.6) is 0 Å². The summed E-state index contributed by atoms with van der Waals surface area (Å²) in [6, 6.07) is 0. The summed E-state index contributed by atoms with van der Waals surface area (Å²) in [6.07, 6.45) is 8.46. The van der Waals surface area contributed by atoms with E-state index in [1.807, 2.05) is 6.20 Å². The molecule has 1 amide bonds. The van der Waals surface area contributed by atoms with Crippen LogP contribution in [0.3, 0.4) is 0 Å². The molecule has 2 aromatic heterocycles. The Hall–Kier alpha value is -2.06. The number of nitrogens with zero attached hydrogens (tertiary/aromatic N) is 3. The molecule has 0 unspecified atom stereocenters. The second-order valence-corrected chi connectivity index (χ2v) is 8.09. The summed E-state index contributed by atoms with van der Waals surface area (Å²) in [7, 11) is 0. The van der Waals surface area contributed by atoms with Crippen molar-refractivity contribution < 1.29 is 14.7 Å². The van der Waals surface area contributed by atoms with Gasteiger partial charge >= 0.3 is 5.97 Å². The summed E-state index contributed by atoms with van der Waals surface area (Å²) in [6.45, 7) is 0. The molecule has 122 valence electrons. The number of aromatic nitrogens is 2. The molecule has 2 aliphatic heterocycles. The van der Waals surface area contributed by atoms with Crippen molar-refractivity contribution in [1.82, 2.24) is 14.3 Å². The standard InChI is InChI=1S/C16H13N3O3S2/c20-13-9(14-19(13)11(7-23-14)15(21)22)5-8-6-18-10-3-1-2-4-12(10)24-16(18)17-8/h5-7,14H,1-4H2,(H,21,22)/t14-/m1/s1. The SMILES string of the molecule is O=C(O)C1=CS[C@@H]2C(=Cc3cn4c5c(sc4n3)CCCC5)C(=O)N12. The molecule has 1 atom stereocenters. The van der Waals surface area contributed by atoms with E-state index in [2.05, 4.69) is 9.38 Å². The Morgan fingerprint density at radius 3 is 3.04 bits per heavy atom. The second kappa shape index (κ2) is 4.97. The number of imidazole rings is 1. The van der Waals surface area contributed by atoms with Crippen LogP contribution in [0, 0.1) is 0 Å². The van der Waals surface area contributed by atoms with Crippen LogP contribution in [-0.2, 0) is 22.4 Å². The van der Waals surface area contributed by atoms with E-state index in [0.29, 0.717) is 5.57 Å². The highest BCUT2D eigenvalue weighted by molar-refractivity contribution is 8.03. The van der Waals surface area contributed by atoms with Crippen molar-refractivity contribution in [1.29, 1.82) is 0 Å². The van der Waals surface area contributed by atoms with E-state index in [1.54, 1.807) is 17.4 Å². The molecular weight excluding hydrogens is 346 g/mol. The average Bonchev–Trinajstić information content (AvgIpc) is 3.22. The van der Waals surface area contributed by atoms with Gasteiger partial charge in [-0.05, 0) is 31.8 Å². The van der Waals surface area contributed by atoms with Crippen LogP contribution in [0.2, 0.25) is 0 Å². The van der Waals surface area contributed by atoms with E-state index in [9.17, 15) is 9.59 Å². The number of carbonyl (C=O) groups excluding carboxylic acids is 1. The van der Waals surface area contributed by atoms with Crippen LogP contribution >= 0.6 is 23.1 Å². The maximum atomic E-state index is 12.3.